The molecule has 4 heteroatoms. The molecule has 0 aliphatic carbocycles. The van der Waals surface area contributed by atoms with Gasteiger partial charge < -0.3 is 11.1 Å². The fourth-order valence-corrected chi connectivity index (χ4v) is 2.80. The monoisotopic (exact) mass is 288 g/mol. The second kappa shape index (κ2) is 6.68. The molecule has 0 fully saturated rings. The van der Waals surface area contributed by atoms with Gasteiger partial charge in [-0.15, -0.1) is 11.3 Å². The lowest BCUT2D eigenvalue weighted by molar-refractivity contribution is 0.100. The van der Waals surface area contributed by atoms with Crippen LogP contribution in [0.5, 0.6) is 0 Å². The van der Waals surface area contributed by atoms with Gasteiger partial charge in [-0.25, -0.2) is 0 Å². The molecule has 0 atom stereocenters. The quantitative estimate of drug-likeness (QED) is 0.857. The molecule has 0 saturated heterocycles. The van der Waals surface area contributed by atoms with Crippen molar-refractivity contribution in [3.8, 4) is 0 Å². The van der Waals surface area contributed by atoms with E-state index in [1.165, 1.54) is 11.1 Å². The van der Waals surface area contributed by atoms with E-state index in [1.807, 2.05) is 6.07 Å². The fraction of sp³-hybridized carbons (Fsp3) is 0.312. The number of hydrogen-bond donors (Lipinski definition) is 2. The molecule has 0 unspecified atom stereocenters. The first kappa shape index (κ1) is 14.8. The Morgan fingerprint density at radius 3 is 2.50 bits per heavy atom. The molecule has 3 N–H and O–H groups in total. The number of nitrogens with two attached hydrogens (primary N) is 1. The minimum Gasteiger partial charge on any atom is -0.366 e. The van der Waals surface area contributed by atoms with E-state index in [1.54, 1.807) is 16.7 Å². The first-order valence-corrected chi connectivity index (χ1v) is 7.61. The molecule has 0 radical (unpaired) electrons. The number of carbonyl (C=O) groups excluding carboxylic acids is 1. The molecule has 1 amide bonds. The maximum absolute atomic E-state index is 11.0. The molecule has 3 nitrogen and oxygen atoms in total. The Labute approximate surface area is 123 Å². The maximum atomic E-state index is 11.0. The standard InChI is InChI=1S/C16H20N2OS/c1-11(2)13-5-3-12(4-6-13)8-18-9-15-7-14(10-20-15)16(17)19/h3-7,10-11,18H,8-9H2,1-2H3,(H2,17,19). The van der Waals surface area contributed by atoms with Gasteiger partial charge in [-0.2, -0.15) is 0 Å². The van der Waals surface area contributed by atoms with Crippen LogP contribution in [0.2, 0.25) is 0 Å². The Morgan fingerprint density at radius 2 is 1.95 bits per heavy atom. The highest BCUT2D eigenvalue weighted by molar-refractivity contribution is 7.10. The molecule has 0 bridgehead atoms. The van der Waals surface area contributed by atoms with Crippen molar-refractivity contribution in [3.63, 3.8) is 0 Å². The Balaban J connectivity index is 1.84. The van der Waals surface area contributed by atoms with E-state index in [-0.39, 0.29) is 5.91 Å². The van der Waals surface area contributed by atoms with Crippen molar-refractivity contribution in [2.75, 3.05) is 0 Å². The molecule has 0 aliphatic rings. The fourth-order valence-electron chi connectivity index (χ4n) is 1.95. The summed E-state index contributed by atoms with van der Waals surface area (Å²) < 4.78 is 0. The number of carbonyl (C=O) groups is 1. The van der Waals surface area contributed by atoms with Gasteiger partial charge in [0, 0.05) is 23.3 Å². The van der Waals surface area contributed by atoms with Gasteiger partial charge in [0.1, 0.15) is 0 Å². The molecule has 2 aromatic rings. The molecule has 20 heavy (non-hydrogen) atoms. The van der Waals surface area contributed by atoms with Crippen LogP contribution in [0, 0.1) is 0 Å². The normalized spacial score (nSPS) is 10.9. The van der Waals surface area contributed by atoms with Crippen LogP contribution in [-0.4, -0.2) is 5.91 Å². The summed E-state index contributed by atoms with van der Waals surface area (Å²) in [7, 11) is 0. The van der Waals surface area contributed by atoms with Crippen LogP contribution in [0.25, 0.3) is 0 Å². The lowest BCUT2D eigenvalue weighted by atomic mass is 10.0. The van der Waals surface area contributed by atoms with Gasteiger partial charge in [-0.3, -0.25) is 4.79 Å². The molecule has 0 saturated carbocycles. The van der Waals surface area contributed by atoms with Crippen LogP contribution >= 0.6 is 11.3 Å². The lowest BCUT2D eigenvalue weighted by Gasteiger charge is -2.07. The van der Waals surface area contributed by atoms with Gasteiger partial charge >= 0.3 is 0 Å². The summed E-state index contributed by atoms with van der Waals surface area (Å²) in [4.78, 5) is 12.1. The van der Waals surface area contributed by atoms with E-state index in [0.29, 0.717) is 11.5 Å². The number of rotatable bonds is 6. The molecular formula is C16H20N2OS. The number of primary amides is 1. The van der Waals surface area contributed by atoms with Crippen molar-refractivity contribution < 1.29 is 4.79 Å². The first-order valence-electron chi connectivity index (χ1n) is 6.73. The molecule has 1 aromatic carbocycles. The minimum atomic E-state index is -0.364. The predicted molar refractivity (Wildman–Crippen MR) is 83.9 cm³/mol. The molecule has 106 valence electrons. The Kier molecular flexibility index (Phi) is 4.93. The SMILES string of the molecule is CC(C)c1ccc(CNCc2cc(C(N)=O)cs2)cc1. The predicted octanol–water partition coefficient (Wildman–Crippen LogP) is 3.26. The van der Waals surface area contributed by atoms with Crippen LogP contribution < -0.4 is 11.1 Å². The minimum absolute atomic E-state index is 0.364. The first-order chi connectivity index (χ1) is 9.56. The lowest BCUT2D eigenvalue weighted by Crippen LogP contribution is -2.12. The van der Waals surface area contributed by atoms with E-state index in [4.69, 9.17) is 5.73 Å². The summed E-state index contributed by atoms with van der Waals surface area (Å²) in [5.41, 5.74) is 8.45. The maximum Gasteiger partial charge on any atom is 0.249 e. The van der Waals surface area contributed by atoms with Crippen molar-refractivity contribution in [1.29, 1.82) is 0 Å². The smallest absolute Gasteiger partial charge is 0.249 e. The summed E-state index contributed by atoms with van der Waals surface area (Å²) in [6, 6.07) is 10.5. The molecular weight excluding hydrogens is 268 g/mol. The van der Waals surface area contributed by atoms with E-state index in [2.05, 4.69) is 43.4 Å². The average molecular weight is 288 g/mol. The van der Waals surface area contributed by atoms with Gasteiger partial charge in [0.05, 0.1) is 5.56 Å². The summed E-state index contributed by atoms with van der Waals surface area (Å²) in [5, 5.41) is 5.18. The second-order valence-electron chi connectivity index (χ2n) is 5.17. The third kappa shape index (κ3) is 3.92. The van der Waals surface area contributed by atoms with Gasteiger partial charge in [0.25, 0.3) is 0 Å². The molecule has 0 aliphatic heterocycles. The highest BCUT2D eigenvalue weighted by Crippen LogP contribution is 2.16. The molecule has 0 spiro atoms. The number of amides is 1. The van der Waals surface area contributed by atoms with Crippen LogP contribution in [0.4, 0.5) is 0 Å². The van der Waals surface area contributed by atoms with Crippen LogP contribution in [-0.2, 0) is 13.1 Å². The summed E-state index contributed by atoms with van der Waals surface area (Å²) in [6.07, 6.45) is 0. The third-order valence-electron chi connectivity index (χ3n) is 3.21. The topological polar surface area (TPSA) is 55.1 Å². The zero-order valence-electron chi connectivity index (χ0n) is 11.8. The van der Waals surface area contributed by atoms with Crippen LogP contribution in [0.1, 0.15) is 46.1 Å². The highest BCUT2D eigenvalue weighted by Gasteiger charge is 2.04. The van der Waals surface area contributed by atoms with Crippen molar-refractivity contribution in [1.82, 2.24) is 5.32 Å². The molecule has 1 heterocycles. The van der Waals surface area contributed by atoms with Crippen molar-refractivity contribution in [2.45, 2.75) is 32.9 Å². The van der Waals surface area contributed by atoms with Gasteiger partial charge in [-0.05, 0) is 23.1 Å². The Hall–Kier alpha value is -1.65. The highest BCUT2D eigenvalue weighted by atomic mass is 32.1. The van der Waals surface area contributed by atoms with Gasteiger partial charge in [0.15, 0.2) is 0 Å². The molecule has 2 rings (SSSR count). The zero-order chi connectivity index (χ0) is 14.5. The zero-order valence-corrected chi connectivity index (χ0v) is 12.7. The van der Waals surface area contributed by atoms with Crippen LogP contribution in [0.15, 0.2) is 35.7 Å². The van der Waals surface area contributed by atoms with Gasteiger partial charge in [0.2, 0.25) is 5.91 Å². The number of hydrogen-bond acceptors (Lipinski definition) is 3. The van der Waals surface area contributed by atoms with E-state index < -0.39 is 0 Å². The third-order valence-corrected chi connectivity index (χ3v) is 4.15. The summed E-state index contributed by atoms with van der Waals surface area (Å²) in [6.45, 7) is 5.97. The van der Waals surface area contributed by atoms with Gasteiger partial charge in [-0.1, -0.05) is 38.1 Å². The Morgan fingerprint density at radius 1 is 1.25 bits per heavy atom. The van der Waals surface area contributed by atoms with Crippen molar-refractivity contribution in [2.24, 2.45) is 5.73 Å². The number of nitrogens with one attached hydrogen (secondary N) is 1. The average Bonchev–Trinajstić information content (AvgIpc) is 2.88. The summed E-state index contributed by atoms with van der Waals surface area (Å²) in [5.74, 6) is 0.201. The molecule has 1 aromatic heterocycles. The number of benzene rings is 1. The summed E-state index contributed by atoms with van der Waals surface area (Å²) >= 11 is 1.56. The van der Waals surface area contributed by atoms with E-state index in [9.17, 15) is 4.79 Å². The van der Waals surface area contributed by atoms with Crippen molar-refractivity contribution >= 4 is 17.2 Å². The van der Waals surface area contributed by atoms with Crippen molar-refractivity contribution in [3.05, 3.63) is 57.3 Å². The van der Waals surface area contributed by atoms with E-state index >= 15 is 0 Å². The largest absolute Gasteiger partial charge is 0.366 e. The Bertz CT molecular complexity index is 572. The number of thiophene rings is 1. The van der Waals surface area contributed by atoms with E-state index in [0.717, 1.165) is 18.0 Å². The van der Waals surface area contributed by atoms with Crippen LogP contribution in [0.3, 0.4) is 0 Å². The second-order valence-corrected chi connectivity index (χ2v) is 6.16.